The number of hydrogen-bond donors (Lipinski definition) is 0. The van der Waals surface area contributed by atoms with Gasteiger partial charge in [0, 0.05) is 12.2 Å². The highest BCUT2D eigenvalue weighted by Gasteiger charge is 1.97. The predicted molar refractivity (Wildman–Crippen MR) is 103 cm³/mol. The summed E-state index contributed by atoms with van der Waals surface area (Å²) in [7, 11) is 0. The van der Waals surface area contributed by atoms with Crippen molar-refractivity contribution in [2.75, 3.05) is 79.3 Å². The van der Waals surface area contributed by atoms with Crippen molar-refractivity contribution in [3.63, 3.8) is 0 Å². The Balaban J connectivity index is 0. The maximum atomic E-state index is 10.7. The second kappa shape index (κ2) is 23.3. The number of esters is 2. The average molecular weight is 406 g/mol. The minimum absolute atomic E-state index is 0. The van der Waals surface area contributed by atoms with Crippen LogP contribution in [0.4, 0.5) is 0 Å². The molecular weight excluding hydrogens is 372 g/mol. The van der Waals surface area contributed by atoms with Crippen molar-refractivity contribution in [1.82, 2.24) is 0 Å². The van der Waals surface area contributed by atoms with E-state index < -0.39 is 11.9 Å². The van der Waals surface area contributed by atoms with Crippen LogP contribution in [0.2, 0.25) is 0 Å². The zero-order valence-electron chi connectivity index (χ0n) is 15.7. The number of carbonyl (C=O) groups excluding carboxylic acids is 2. The molecular formula is C19H34O9. The molecule has 9 heteroatoms. The van der Waals surface area contributed by atoms with Crippen LogP contribution >= 0.6 is 0 Å². The van der Waals surface area contributed by atoms with Crippen LogP contribution in [0.3, 0.4) is 0 Å². The zero-order chi connectivity index (χ0) is 20.0. The van der Waals surface area contributed by atoms with Gasteiger partial charge in [-0.1, -0.05) is 20.6 Å². The summed E-state index contributed by atoms with van der Waals surface area (Å²) in [6.07, 6.45) is 2.21. The maximum Gasteiger partial charge on any atom is 0.330 e. The molecule has 0 saturated heterocycles. The lowest BCUT2D eigenvalue weighted by atomic mass is 10.6. The summed E-state index contributed by atoms with van der Waals surface area (Å²) >= 11 is 0. The first-order chi connectivity index (χ1) is 13.2. The van der Waals surface area contributed by atoms with Crippen LogP contribution in [0, 0.1) is 0 Å². The van der Waals surface area contributed by atoms with Crippen LogP contribution in [0.15, 0.2) is 25.3 Å². The molecule has 28 heavy (non-hydrogen) atoms. The summed E-state index contributed by atoms with van der Waals surface area (Å²) in [5.41, 5.74) is 0. The lowest BCUT2D eigenvalue weighted by Crippen LogP contribution is -2.15. The fourth-order valence-electron chi connectivity index (χ4n) is 1.50. The first kappa shape index (κ1) is 28.4. The van der Waals surface area contributed by atoms with E-state index in [2.05, 4.69) is 13.2 Å². The van der Waals surface area contributed by atoms with Gasteiger partial charge in [0.2, 0.25) is 0 Å². The van der Waals surface area contributed by atoms with Crippen LogP contribution in [0.1, 0.15) is 7.43 Å². The Morgan fingerprint density at radius 2 is 0.714 bits per heavy atom. The van der Waals surface area contributed by atoms with E-state index in [-0.39, 0.29) is 20.6 Å². The molecule has 0 aromatic carbocycles. The molecule has 0 amide bonds. The molecule has 0 unspecified atom stereocenters. The van der Waals surface area contributed by atoms with Gasteiger partial charge >= 0.3 is 11.9 Å². The number of carbonyl (C=O) groups is 2. The maximum absolute atomic E-state index is 10.7. The van der Waals surface area contributed by atoms with Gasteiger partial charge < -0.3 is 33.2 Å². The lowest BCUT2D eigenvalue weighted by molar-refractivity contribution is -0.140. The molecule has 0 aromatic heterocycles. The highest BCUT2D eigenvalue weighted by molar-refractivity contribution is 5.81. The molecule has 164 valence electrons. The van der Waals surface area contributed by atoms with Crippen molar-refractivity contribution in [2.45, 2.75) is 7.43 Å². The highest BCUT2D eigenvalue weighted by Crippen LogP contribution is 1.86. The number of hydrogen-bond acceptors (Lipinski definition) is 9. The van der Waals surface area contributed by atoms with Gasteiger partial charge in [-0.2, -0.15) is 0 Å². The Bertz CT molecular complexity index is 363. The van der Waals surface area contributed by atoms with E-state index in [0.717, 1.165) is 12.2 Å². The molecule has 0 fully saturated rings. The van der Waals surface area contributed by atoms with Gasteiger partial charge in [0.25, 0.3) is 0 Å². The van der Waals surface area contributed by atoms with Gasteiger partial charge in [0.1, 0.15) is 13.2 Å². The van der Waals surface area contributed by atoms with E-state index in [0.29, 0.717) is 66.1 Å². The minimum Gasteiger partial charge on any atom is -0.460 e. The van der Waals surface area contributed by atoms with Gasteiger partial charge in [0.15, 0.2) is 0 Å². The Hall–Kier alpha value is -1.78. The number of rotatable bonds is 20. The van der Waals surface area contributed by atoms with Gasteiger partial charge in [-0.3, -0.25) is 0 Å². The molecule has 0 N–H and O–H groups in total. The third-order valence-electron chi connectivity index (χ3n) is 2.77. The Morgan fingerprint density at radius 3 is 0.929 bits per heavy atom. The van der Waals surface area contributed by atoms with E-state index in [4.69, 9.17) is 33.2 Å². The molecule has 0 atom stereocenters. The van der Waals surface area contributed by atoms with Crippen molar-refractivity contribution < 1.29 is 42.7 Å². The summed E-state index contributed by atoms with van der Waals surface area (Å²) in [4.78, 5) is 21.5. The first-order valence-corrected chi connectivity index (χ1v) is 8.67. The molecule has 9 nitrogen and oxygen atoms in total. The molecule has 0 bridgehead atoms. The molecule has 0 radical (unpaired) electrons. The topological polar surface area (TPSA) is 98.8 Å². The summed E-state index contributed by atoms with van der Waals surface area (Å²) in [6.45, 7) is 11.2. The molecule has 0 rings (SSSR count). The smallest absolute Gasteiger partial charge is 0.330 e. The number of ether oxygens (including phenoxy) is 7. The summed E-state index contributed by atoms with van der Waals surface area (Å²) < 4.78 is 35.9. The molecule has 0 heterocycles. The Kier molecular flexibility index (Phi) is 23.6. The van der Waals surface area contributed by atoms with Gasteiger partial charge in [-0.25, -0.2) is 9.59 Å². The van der Waals surface area contributed by atoms with Gasteiger partial charge in [-0.05, 0) is 0 Å². The molecule has 0 aromatic rings. The monoisotopic (exact) mass is 406 g/mol. The molecule has 0 aliphatic rings. The largest absolute Gasteiger partial charge is 0.460 e. The van der Waals surface area contributed by atoms with Gasteiger partial charge in [0.05, 0.1) is 66.1 Å². The van der Waals surface area contributed by atoms with E-state index >= 15 is 0 Å². The van der Waals surface area contributed by atoms with E-state index in [1.165, 1.54) is 0 Å². The fourth-order valence-corrected chi connectivity index (χ4v) is 1.50. The summed E-state index contributed by atoms with van der Waals surface area (Å²) in [5, 5.41) is 0. The molecule has 0 aliphatic heterocycles. The standard InChI is InChI=1S/C18H30O9.CH4/c1-3-17(19)26-15-13-24-11-9-22-7-5-21-6-8-23-10-12-25-14-16-27-18(20)4-2;/h3-4H,1-2,5-16H2;1H4. The third kappa shape index (κ3) is 22.3. The minimum atomic E-state index is -0.463. The summed E-state index contributed by atoms with van der Waals surface area (Å²) in [5.74, 6) is -0.926. The average Bonchev–Trinajstić information content (AvgIpc) is 2.69. The van der Waals surface area contributed by atoms with Crippen LogP contribution in [0.5, 0.6) is 0 Å². The molecule has 0 aliphatic carbocycles. The van der Waals surface area contributed by atoms with Crippen LogP contribution in [-0.2, 0) is 42.7 Å². The van der Waals surface area contributed by atoms with Gasteiger partial charge in [-0.15, -0.1) is 0 Å². The van der Waals surface area contributed by atoms with Crippen LogP contribution < -0.4 is 0 Å². The lowest BCUT2D eigenvalue weighted by Gasteiger charge is -2.08. The second-order valence-electron chi connectivity index (χ2n) is 4.81. The van der Waals surface area contributed by atoms with E-state index in [1.54, 1.807) is 0 Å². The van der Waals surface area contributed by atoms with E-state index in [1.807, 2.05) is 0 Å². The second-order valence-corrected chi connectivity index (χ2v) is 4.81. The first-order valence-electron chi connectivity index (χ1n) is 8.67. The van der Waals surface area contributed by atoms with Crippen molar-refractivity contribution in [1.29, 1.82) is 0 Å². The third-order valence-corrected chi connectivity index (χ3v) is 2.77. The zero-order valence-corrected chi connectivity index (χ0v) is 15.7. The highest BCUT2D eigenvalue weighted by atomic mass is 16.6. The van der Waals surface area contributed by atoms with Crippen molar-refractivity contribution >= 4 is 11.9 Å². The fraction of sp³-hybridized carbons (Fsp3) is 0.684. The van der Waals surface area contributed by atoms with Crippen LogP contribution in [0.25, 0.3) is 0 Å². The SMILES string of the molecule is C.C=CC(=O)OCCOCCOCCOCCOCCOCCOC(=O)C=C. The van der Waals surface area contributed by atoms with Crippen molar-refractivity contribution in [3.05, 3.63) is 25.3 Å². The Morgan fingerprint density at radius 1 is 0.500 bits per heavy atom. The van der Waals surface area contributed by atoms with Crippen molar-refractivity contribution in [2.24, 2.45) is 0 Å². The molecule has 0 spiro atoms. The predicted octanol–water partition coefficient (Wildman–Crippen LogP) is 1.16. The molecule has 0 saturated carbocycles. The van der Waals surface area contributed by atoms with Crippen molar-refractivity contribution in [3.8, 4) is 0 Å². The van der Waals surface area contributed by atoms with E-state index in [9.17, 15) is 9.59 Å². The normalized spacial score (nSPS) is 10.0. The Labute approximate surface area is 167 Å². The summed E-state index contributed by atoms with van der Waals surface area (Å²) in [6, 6.07) is 0. The van der Waals surface area contributed by atoms with Crippen LogP contribution in [-0.4, -0.2) is 91.2 Å². The quantitative estimate of drug-likeness (QED) is 0.168.